The van der Waals surface area contributed by atoms with Crippen molar-refractivity contribution in [3.8, 4) is 0 Å². The van der Waals surface area contributed by atoms with Gasteiger partial charge in [-0.15, -0.1) is 0 Å². The Morgan fingerprint density at radius 3 is 2.00 bits per heavy atom. The molecule has 0 nitrogen and oxygen atoms in total. The summed E-state index contributed by atoms with van der Waals surface area (Å²) in [6.45, 7) is 7.29. The van der Waals surface area contributed by atoms with Gasteiger partial charge in [0.25, 0.3) is 0 Å². The van der Waals surface area contributed by atoms with Crippen LogP contribution in [0.3, 0.4) is 0 Å². The van der Waals surface area contributed by atoms with Crippen molar-refractivity contribution in [1.82, 2.24) is 0 Å². The summed E-state index contributed by atoms with van der Waals surface area (Å²) in [5.74, 6) is 0. The van der Waals surface area contributed by atoms with Gasteiger partial charge in [0.05, 0.1) is 0 Å². The molecular weight excluding hydrogens is 143 g/mol. The first-order valence-electron chi connectivity index (χ1n) is 4.28. The molecule has 1 aliphatic carbocycles. The molecule has 0 unspecified atom stereocenters. The molecule has 56 valence electrons. The zero-order valence-electron chi connectivity index (χ0n) is 8.02. The molecule has 0 amide bonds. The first-order chi connectivity index (χ1) is 4.91. The summed E-state index contributed by atoms with van der Waals surface area (Å²) in [5.41, 5.74) is 0. The molecular formula is C9H15LiSi. The van der Waals surface area contributed by atoms with Gasteiger partial charge in [-0.1, -0.05) is 0 Å². The van der Waals surface area contributed by atoms with E-state index in [-0.39, 0.29) is 0 Å². The van der Waals surface area contributed by atoms with Gasteiger partial charge in [-0.25, -0.2) is 0 Å². The van der Waals surface area contributed by atoms with Crippen LogP contribution in [0.5, 0.6) is 0 Å². The van der Waals surface area contributed by atoms with E-state index in [0.29, 0.717) is 4.09 Å². The van der Waals surface area contributed by atoms with Gasteiger partial charge in [-0.2, -0.15) is 0 Å². The molecule has 0 atom stereocenters. The summed E-state index contributed by atoms with van der Waals surface area (Å²) in [4.78, 5) is 0. The zero-order chi connectivity index (χ0) is 8.54. The van der Waals surface area contributed by atoms with Crippen LogP contribution in [0.2, 0.25) is 29.8 Å². The maximum absolute atomic E-state index is 2.43. The molecule has 0 saturated carbocycles. The van der Waals surface area contributed by atoms with Crippen LogP contribution in [0.1, 0.15) is 0 Å². The Morgan fingerprint density at radius 2 is 1.64 bits per heavy atom. The second-order valence-electron chi connectivity index (χ2n) is 4.96. The predicted molar refractivity (Wildman–Crippen MR) is 54.9 cm³/mol. The predicted octanol–water partition coefficient (Wildman–Crippen LogP) is 2.78. The Hall–Kier alpha value is 0.294. The van der Waals surface area contributed by atoms with Crippen molar-refractivity contribution in [2.75, 3.05) is 0 Å². The van der Waals surface area contributed by atoms with E-state index >= 15 is 0 Å². The average molecular weight is 158 g/mol. The van der Waals surface area contributed by atoms with Crippen LogP contribution >= 0.6 is 0 Å². The molecule has 0 aliphatic heterocycles. The first-order valence-corrected chi connectivity index (χ1v) is 7.99. The van der Waals surface area contributed by atoms with Crippen LogP contribution in [-0.4, -0.2) is 25.8 Å². The van der Waals surface area contributed by atoms with Crippen molar-refractivity contribution >= 4 is 25.8 Å². The molecule has 1 aliphatic rings. The summed E-state index contributed by atoms with van der Waals surface area (Å²) >= 11 is 2.32. The monoisotopic (exact) mass is 158 g/mol. The van der Waals surface area contributed by atoms with E-state index in [1.165, 1.54) is 6.04 Å². The van der Waals surface area contributed by atoms with E-state index in [9.17, 15) is 0 Å². The molecule has 11 heavy (non-hydrogen) atoms. The van der Waals surface area contributed by atoms with E-state index < -0.39 is 8.07 Å². The molecule has 0 fully saturated rings. The third-order valence-electron chi connectivity index (χ3n) is 1.98. The minimum absolute atomic E-state index is 0.379. The van der Waals surface area contributed by atoms with Crippen molar-refractivity contribution < 1.29 is 0 Å². The van der Waals surface area contributed by atoms with Gasteiger partial charge in [0.2, 0.25) is 0 Å². The number of hydrogen-bond acceptors (Lipinski definition) is 0. The van der Waals surface area contributed by atoms with Gasteiger partial charge < -0.3 is 0 Å². The third kappa shape index (κ3) is 3.03. The molecule has 0 radical (unpaired) electrons. The van der Waals surface area contributed by atoms with Crippen molar-refractivity contribution in [2.45, 2.75) is 29.8 Å². The van der Waals surface area contributed by atoms with E-state index in [1.54, 1.807) is 0 Å². The summed E-state index contributed by atoms with van der Waals surface area (Å²) in [5, 5.41) is 0. The van der Waals surface area contributed by atoms with Crippen molar-refractivity contribution in [2.24, 2.45) is 0 Å². The third-order valence-corrected chi connectivity index (χ3v) is 3.80. The molecule has 0 N–H and O–H groups in total. The standard InChI is InChI=1S/C9H15Si.Li/c1-10(2,3)8-9-6-4-5-7-9;/h4-7H,8H2,1-3H3;. The van der Waals surface area contributed by atoms with Gasteiger partial charge in [-0.3, -0.25) is 0 Å². The first kappa shape index (κ1) is 9.38. The normalized spacial score (nSPS) is 21.2. The van der Waals surface area contributed by atoms with Crippen LogP contribution in [0.25, 0.3) is 0 Å². The van der Waals surface area contributed by atoms with E-state index in [2.05, 4.69) is 61.7 Å². The molecule has 0 aromatic carbocycles. The van der Waals surface area contributed by atoms with Crippen molar-refractivity contribution in [3.05, 3.63) is 24.3 Å². The Balaban J connectivity index is 2.62. The van der Waals surface area contributed by atoms with E-state index in [4.69, 9.17) is 0 Å². The summed E-state index contributed by atoms with van der Waals surface area (Å²) < 4.78 is 0.379. The minimum atomic E-state index is -0.897. The topological polar surface area (TPSA) is 0 Å². The molecule has 0 aromatic heterocycles. The van der Waals surface area contributed by atoms with Gasteiger partial charge in [0, 0.05) is 0 Å². The molecule has 1 rings (SSSR count). The van der Waals surface area contributed by atoms with Crippen LogP contribution in [-0.2, 0) is 0 Å². The molecule has 0 spiro atoms. The molecule has 0 saturated heterocycles. The van der Waals surface area contributed by atoms with Gasteiger partial charge in [0.1, 0.15) is 0 Å². The Labute approximate surface area is 80.0 Å². The fourth-order valence-electron chi connectivity index (χ4n) is 1.87. The Bertz CT molecular complexity index is 186. The fraction of sp³-hybridized carbons (Fsp3) is 0.556. The second-order valence-corrected chi connectivity index (χ2v) is 10.4. The van der Waals surface area contributed by atoms with Crippen molar-refractivity contribution in [3.63, 3.8) is 0 Å². The summed E-state index contributed by atoms with van der Waals surface area (Å²) in [7, 11) is -0.897. The van der Waals surface area contributed by atoms with Crippen LogP contribution in [0, 0.1) is 0 Å². The Kier molecular flexibility index (Phi) is 2.54. The van der Waals surface area contributed by atoms with Gasteiger partial charge >= 0.3 is 79.9 Å². The second kappa shape index (κ2) is 2.97. The molecule has 0 bridgehead atoms. The van der Waals surface area contributed by atoms with Crippen LogP contribution < -0.4 is 0 Å². The average Bonchev–Trinajstić information content (AvgIpc) is 2.09. The fourth-order valence-corrected chi connectivity index (χ4v) is 4.39. The SMILES string of the molecule is [Li][C]1(C[Si](C)(C)C)C=CC=C1. The van der Waals surface area contributed by atoms with Gasteiger partial charge in [-0.05, 0) is 0 Å². The van der Waals surface area contributed by atoms with E-state index in [0.717, 1.165) is 0 Å². The summed E-state index contributed by atoms with van der Waals surface area (Å²) in [6.07, 6.45) is 8.98. The molecule has 0 aromatic rings. The van der Waals surface area contributed by atoms with Crippen LogP contribution in [0.4, 0.5) is 0 Å². The zero-order valence-corrected chi connectivity index (χ0v) is 9.02. The number of hydrogen-bond donors (Lipinski definition) is 0. The van der Waals surface area contributed by atoms with Crippen LogP contribution in [0.15, 0.2) is 24.3 Å². The number of allylic oxidation sites excluding steroid dienone is 4. The maximum atomic E-state index is 2.43. The number of rotatable bonds is 2. The van der Waals surface area contributed by atoms with Gasteiger partial charge in [0.15, 0.2) is 0 Å². The van der Waals surface area contributed by atoms with E-state index in [1.807, 2.05) is 0 Å². The Morgan fingerprint density at radius 1 is 1.18 bits per heavy atom. The molecule has 0 heterocycles. The molecule has 2 heteroatoms. The quantitative estimate of drug-likeness (QED) is 0.542. The van der Waals surface area contributed by atoms with Crippen molar-refractivity contribution in [1.29, 1.82) is 0 Å². The summed E-state index contributed by atoms with van der Waals surface area (Å²) in [6, 6.07) is 1.37.